The van der Waals surface area contributed by atoms with Crippen LogP contribution in [0.4, 0.5) is 5.82 Å². The number of amides is 1. The third kappa shape index (κ3) is 4.70. The fourth-order valence-corrected chi connectivity index (χ4v) is 3.63. The molecular weight excluding hydrogens is 314 g/mol. The van der Waals surface area contributed by atoms with Crippen molar-refractivity contribution in [3.8, 4) is 0 Å². The van der Waals surface area contributed by atoms with Gasteiger partial charge >= 0.3 is 0 Å². The van der Waals surface area contributed by atoms with Gasteiger partial charge in [-0.05, 0) is 51.0 Å². The highest BCUT2D eigenvalue weighted by Crippen LogP contribution is 2.20. The second kappa shape index (κ2) is 8.63. The van der Waals surface area contributed by atoms with E-state index in [2.05, 4.69) is 34.1 Å². The Hall–Kier alpha value is -1.66. The van der Waals surface area contributed by atoms with E-state index in [0.29, 0.717) is 5.92 Å². The Morgan fingerprint density at radius 3 is 2.60 bits per heavy atom. The number of anilines is 1. The number of piperazine rings is 1. The summed E-state index contributed by atoms with van der Waals surface area (Å²) in [6, 6.07) is 3.82. The molecule has 0 unspecified atom stereocenters. The summed E-state index contributed by atoms with van der Waals surface area (Å²) in [5.41, 5.74) is 0.772. The number of pyridine rings is 1. The lowest BCUT2D eigenvalue weighted by molar-refractivity contribution is 0.0690. The zero-order valence-electron chi connectivity index (χ0n) is 15.6. The predicted octanol–water partition coefficient (Wildman–Crippen LogP) is 1.30. The van der Waals surface area contributed by atoms with Crippen LogP contribution in [0, 0.1) is 5.92 Å². The maximum absolute atomic E-state index is 12.9. The van der Waals surface area contributed by atoms with Gasteiger partial charge < -0.3 is 20.0 Å². The summed E-state index contributed by atoms with van der Waals surface area (Å²) >= 11 is 0. The lowest BCUT2D eigenvalue weighted by atomic mass is 9.96. The Labute approximate surface area is 151 Å². The third-order valence-corrected chi connectivity index (χ3v) is 5.40. The quantitative estimate of drug-likeness (QED) is 0.872. The number of hydrogen-bond acceptors (Lipinski definition) is 5. The van der Waals surface area contributed by atoms with Crippen molar-refractivity contribution in [1.29, 1.82) is 0 Å². The maximum atomic E-state index is 12.9. The summed E-state index contributed by atoms with van der Waals surface area (Å²) in [4.78, 5) is 24.0. The molecule has 2 aliphatic heterocycles. The summed E-state index contributed by atoms with van der Waals surface area (Å²) in [5.74, 6) is 1.78. The van der Waals surface area contributed by atoms with Crippen LogP contribution in [0.2, 0.25) is 0 Å². The highest BCUT2D eigenvalue weighted by molar-refractivity contribution is 5.94. The molecular formula is C19H31N5O. The van der Waals surface area contributed by atoms with Crippen molar-refractivity contribution in [1.82, 2.24) is 20.1 Å². The van der Waals surface area contributed by atoms with E-state index in [-0.39, 0.29) is 5.91 Å². The van der Waals surface area contributed by atoms with E-state index in [1.165, 1.54) is 0 Å². The van der Waals surface area contributed by atoms with E-state index in [1.807, 2.05) is 17.0 Å². The van der Waals surface area contributed by atoms with Crippen LogP contribution in [0.3, 0.4) is 0 Å². The first kappa shape index (κ1) is 18.1. The fraction of sp³-hybridized carbons (Fsp3) is 0.684. The van der Waals surface area contributed by atoms with Gasteiger partial charge in [0.25, 0.3) is 5.91 Å². The van der Waals surface area contributed by atoms with Crippen LogP contribution < -0.4 is 10.2 Å². The Balaban J connectivity index is 1.58. The van der Waals surface area contributed by atoms with Crippen LogP contribution in [0.5, 0.6) is 0 Å². The molecule has 2 fully saturated rings. The van der Waals surface area contributed by atoms with Crippen molar-refractivity contribution in [2.45, 2.75) is 19.8 Å². The van der Waals surface area contributed by atoms with Gasteiger partial charge in [0.2, 0.25) is 0 Å². The van der Waals surface area contributed by atoms with Crippen molar-refractivity contribution in [3.05, 3.63) is 23.9 Å². The molecule has 1 aromatic heterocycles. The zero-order chi connectivity index (χ0) is 17.6. The number of likely N-dealkylation sites (tertiary alicyclic amines) is 1. The van der Waals surface area contributed by atoms with Crippen LogP contribution >= 0.6 is 0 Å². The van der Waals surface area contributed by atoms with Gasteiger partial charge in [0, 0.05) is 51.0 Å². The van der Waals surface area contributed by atoms with Gasteiger partial charge in [0.1, 0.15) is 5.82 Å². The van der Waals surface area contributed by atoms with Crippen LogP contribution in [-0.4, -0.2) is 80.1 Å². The molecule has 0 aromatic carbocycles. The molecule has 0 bridgehead atoms. The smallest absolute Gasteiger partial charge is 0.254 e. The molecule has 138 valence electrons. The minimum absolute atomic E-state index is 0.152. The van der Waals surface area contributed by atoms with E-state index in [9.17, 15) is 4.79 Å². The molecule has 3 rings (SSSR count). The SMILES string of the molecule is CCNCC1CCN(C(=O)c2ccnc(N3CCN(C)CC3)c2)CC1. The molecule has 6 heteroatoms. The summed E-state index contributed by atoms with van der Waals surface area (Å²) in [6.07, 6.45) is 3.96. The Morgan fingerprint density at radius 2 is 1.92 bits per heavy atom. The van der Waals surface area contributed by atoms with Crippen molar-refractivity contribution < 1.29 is 4.79 Å². The largest absolute Gasteiger partial charge is 0.354 e. The molecule has 3 heterocycles. The van der Waals surface area contributed by atoms with Gasteiger partial charge in [0.15, 0.2) is 0 Å². The summed E-state index contributed by atoms with van der Waals surface area (Å²) < 4.78 is 0. The van der Waals surface area contributed by atoms with Gasteiger partial charge in [-0.1, -0.05) is 6.92 Å². The van der Waals surface area contributed by atoms with Gasteiger partial charge in [-0.3, -0.25) is 4.79 Å². The Bertz CT molecular complexity index is 563. The highest BCUT2D eigenvalue weighted by atomic mass is 16.2. The van der Waals surface area contributed by atoms with Crippen molar-refractivity contribution in [2.24, 2.45) is 5.92 Å². The summed E-state index contributed by atoms with van der Waals surface area (Å²) in [6.45, 7) is 9.97. The van der Waals surface area contributed by atoms with Crippen LogP contribution in [-0.2, 0) is 0 Å². The number of aromatic nitrogens is 1. The normalized spacial score (nSPS) is 20.1. The molecule has 0 spiro atoms. The number of nitrogens with one attached hydrogen (secondary N) is 1. The number of hydrogen-bond donors (Lipinski definition) is 1. The number of carbonyl (C=O) groups is 1. The number of rotatable bonds is 5. The third-order valence-electron chi connectivity index (χ3n) is 5.40. The predicted molar refractivity (Wildman–Crippen MR) is 101 cm³/mol. The number of piperidine rings is 1. The van der Waals surface area contributed by atoms with E-state index in [1.54, 1.807) is 6.20 Å². The molecule has 25 heavy (non-hydrogen) atoms. The molecule has 2 saturated heterocycles. The maximum Gasteiger partial charge on any atom is 0.254 e. The molecule has 6 nitrogen and oxygen atoms in total. The van der Waals surface area contributed by atoms with Crippen LogP contribution in [0.25, 0.3) is 0 Å². The van der Waals surface area contributed by atoms with E-state index >= 15 is 0 Å². The lowest BCUT2D eigenvalue weighted by Gasteiger charge is -2.34. The van der Waals surface area contributed by atoms with Gasteiger partial charge in [-0.25, -0.2) is 4.98 Å². The molecule has 1 aromatic rings. The lowest BCUT2D eigenvalue weighted by Crippen LogP contribution is -2.45. The first-order chi connectivity index (χ1) is 12.2. The number of carbonyl (C=O) groups excluding carboxylic acids is 1. The number of likely N-dealkylation sites (N-methyl/N-ethyl adjacent to an activating group) is 1. The first-order valence-electron chi connectivity index (χ1n) is 9.57. The van der Waals surface area contributed by atoms with Crippen molar-refractivity contribution in [3.63, 3.8) is 0 Å². The van der Waals surface area contributed by atoms with Gasteiger partial charge in [-0.15, -0.1) is 0 Å². The Kier molecular flexibility index (Phi) is 6.26. The average Bonchev–Trinajstić information content (AvgIpc) is 2.67. The van der Waals surface area contributed by atoms with Crippen LogP contribution in [0.1, 0.15) is 30.1 Å². The fourth-order valence-electron chi connectivity index (χ4n) is 3.63. The summed E-state index contributed by atoms with van der Waals surface area (Å²) in [7, 11) is 2.14. The second-order valence-electron chi connectivity index (χ2n) is 7.24. The van der Waals surface area contributed by atoms with E-state index < -0.39 is 0 Å². The average molecular weight is 345 g/mol. The molecule has 0 saturated carbocycles. The minimum atomic E-state index is 0.152. The molecule has 0 radical (unpaired) electrons. The van der Waals surface area contributed by atoms with E-state index in [4.69, 9.17) is 0 Å². The monoisotopic (exact) mass is 345 g/mol. The van der Waals surface area contributed by atoms with Gasteiger partial charge in [0.05, 0.1) is 0 Å². The minimum Gasteiger partial charge on any atom is -0.354 e. The standard InChI is InChI=1S/C19H31N5O/c1-3-20-15-16-5-8-24(9-6-16)19(25)17-4-7-21-18(14-17)23-12-10-22(2)11-13-23/h4,7,14,16,20H,3,5-6,8-13,15H2,1-2H3. The molecule has 0 atom stereocenters. The molecule has 1 N–H and O–H groups in total. The summed E-state index contributed by atoms with van der Waals surface area (Å²) in [5, 5.41) is 3.42. The van der Waals surface area contributed by atoms with Crippen molar-refractivity contribution >= 4 is 11.7 Å². The molecule has 1 amide bonds. The van der Waals surface area contributed by atoms with Gasteiger partial charge in [-0.2, -0.15) is 0 Å². The second-order valence-corrected chi connectivity index (χ2v) is 7.24. The zero-order valence-corrected chi connectivity index (χ0v) is 15.6. The molecule has 2 aliphatic rings. The topological polar surface area (TPSA) is 51.7 Å². The molecule has 0 aliphatic carbocycles. The highest BCUT2D eigenvalue weighted by Gasteiger charge is 2.24. The Morgan fingerprint density at radius 1 is 1.20 bits per heavy atom. The number of nitrogens with zero attached hydrogens (tertiary/aromatic N) is 4. The van der Waals surface area contributed by atoms with E-state index in [0.717, 1.165) is 76.6 Å². The first-order valence-corrected chi connectivity index (χ1v) is 9.57. The van der Waals surface area contributed by atoms with Crippen molar-refractivity contribution in [2.75, 3.05) is 64.3 Å². The van der Waals surface area contributed by atoms with Crippen LogP contribution in [0.15, 0.2) is 18.3 Å².